The number of nitrogens with one attached hydrogen (secondary N) is 1. The number of nitrogens with zero attached hydrogens (tertiary/aromatic N) is 2. The summed E-state index contributed by atoms with van der Waals surface area (Å²) in [7, 11) is 0. The molecule has 0 unspecified atom stereocenters. The smallest absolute Gasteiger partial charge is 0.255 e. The molecule has 1 N–H and O–H groups in total. The van der Waals surface area contributed by atoms with Gasteiger partial charge in [-0.1, -0.05) is 24.9 Å². The lowest BCUT2D eigenvalue weighted by Gasteiger charge is -2.07. The molecule has 0 spiro atoms. The second-order valence-corrected chi connectivity index (χ2v) is 5.01. The Hall–Kier alpha value is -1.94. The summed E-state index contributed by atoms with van der Waals surface area (Å²) in [6, 6.07) is 5.20. The molecule has 0 aromatic carbocycles. The van der Waals surface area contributed by atoms with Gasteiger partial charge in [-0.15, -0.1) is 0 Å². The largest absolute Gasteiger partial charge is 0.321 e. The summed E-state index contributed by atoms with van der Waals surface area (Å²) in [5.41, 5.74) is 2.99. The van der Waals surface area contributed by atoms with Gasteiger partial charge in [0.05, 0.1) is 11.9 Å². The number of hydrogen-bond acceptors (Lipinski definition) is 3. The second kappa shape index (κ2) is 6.48. The first-order valence-corrected chi connectivity index (χ1v) is 6.85. The molecule has 2 heterocycles. The molecule has 2 aromatic heterocycles. The Morgan fingerprint density at radius 2 is 2.10 bits per heavy atom. The predicted molar refractivity (Wildman–Crippen MR) is 80.2 cm³/mol. The van der Waals surface area contributed by atoms with Gasteiger partial charge < -0.3 is 5.32 Å². The number of amides is 1. The molecule has 0 aliphatic rings. The molecule has 0 bridgehead atoms. The summed E-state index contributed by atoms with van der Waals surface area (Å²) in [6.07, 6.45) is 5.10. The third-order valence-electron chi connectivity index (χ3n) is 2.75. The summed E-state index contributed by atoms with van der Waals surface area (Å²) < 4.78 is 0. The van der Waals surface area contributed by atoms with Crippen molar-refractivity contribution in [3.63, 3.8) is 0 Å². The monoisotopic (exact) mass is 289 g/mol. The van der Waals surface area contributed by atoms with Gasteiger partial charge in [0.15, 0.2) is 0 Å². The summed E-state index contributed by atoms with van der Waals surface area (Å²) in [4.78, 5) is 20.5. The van der Waals surface area contributed by atoms with Crippen molar-refractivity contribution < 1.29 is 4.79 Å². The Bertz CT molecular complexity index is 628. The topological polar surface area (TPSA) is 54.9 Å². The SMILES string of the molecule is CCCc1cc(C(=O)Nc2cncc(C)c2)cc(Cl)n1. The molecule has 0 aliphatic heterocycles. The lowest BCUT2D eigenvalue weighted by molar-refractivity contribution is 0.102. The minimum absolute atomic E-state index is 0.209. The van der Waals surface area contributed by atoms with Crippen LogP contribution in [0.15, 0.2) is 30.6 Å². The van der Waals surface area contributed by atoms with Crippen molar-refractivity contribution in [2.75, 3.05) is 5.32 Å². The quantitative estimate of drug-likeness (QED) is 0.874. The Kier molecular flexibility index (Phi) is 4.69. The highest BCUT2D eigenvalue weighted by Crippen LogP contribution is 2.15. The highest BCUT2D eigenvalue weighted by Gasteiger charge is 2.10. The van der Waals surface area contributed by atoms with Gasteiger partial charge in [0.25, 0.3) is 5.91 Å². The van der Waals surface area contributed by atoms with E-state index in [9.17, 15) is 4.79 Å². The van der Waals surface area contributed by atoms with E-state index in [1.54, 1.807) is 24.5 Å². The molecular weight excluding hydrogens is 274 g/mol. The fourth-order valence-corrected chi connectivity index (χ4v) is 2.12. The van der Waals surface area contributed by atoms with Gasteiger partial charge in [-0.2, -0.15) is 0 Å². The Morgan fingerprint density at radius 1 is 1.30 bits per heavy atom. The Labute approximate surface area is 123 Å². The van der Waals surface area contributed by atoms with Crippen LogP contribution in [-0.2, 0) is 6.42 Å². The molecule has 0 saturated heterocycles. The van der Waals surface area contributed by atoms with Gasteiger partial charge in [-0.3, -0.25) is 9.78 Å². The highest BCUT2D eigenvalue weighted by molar-refractivity contribution is 6.29. The zero-order valence-corrected chi connectivity index (χ0v) is 12.2. The van der Waals surface area contributed by atoms with Crippen molar-refractivity contribution >= 4 is 23.2 Å². The van der Waals surface area contributed by atoms with Crippen LogP contribution in [0.25, 0.3) is 0 Å². The second-order valence-electron chi connectivity index (χ2n) is 4.62. The van der Waals surface area contributed by atoms with Crippen molar-refractivity contribution in [1.29, 1.82) is 0 Å². The summed E-state index contributed by atoms with van der Waals surface area (Å²) in [5, 5.41) is 3.14. The maximum absolute atomic E-state index is 12.2. The van der Waals surface area contributed by atoms with Gasteiger partial charge in [0, 0.05) is 17.5 Å². The first kappa shape index (κ1) is 14.5. The lowest BCUT2D eigenvalue weighted by Crippen LogP contribution is -2.13. The lowest BCUT2D eigenvalue weighted by atomic mass is 10.1. The normalized spacial score (nSPS) is 10.3. The predicted octanol–water partition coefficient (Wildman–Crippen LogP) is 3.64. The van der Waals surface area contributed by atoms with Crippen molar-refractivity contribution in [2.45, 2.75) is 26.7 Å². The summed E-state index contributed by atoms with van der Waals surface area (Å²) >= 11 is 5.95. The van der Waals surface area contributed by atoms with Crippen LogP contribution in [0.3, 0.4) is 0 Å². The number of rotatable bonds is 4. The van der Waals surface area contributed by atoms with Gasteiger partial charge in [-0.25, -0.2) is 4.98 Å². The van der Waals surface area contributed by atoms with Gasteiger partial charge in [0.1, 0.15) is 5.15 Å². The minimum Gasteiger partial charge on any atom is -0.321 e. The fourth-order valence-electron chi connectivity index (χ4n) is 1.89. The van der Waals surface area contributed by atoms with E-state index in [-0.39, 0.29) is 5.91 Å². The third kappa shape index (κ3) is 3.78. The fraction of sp³-hybridized carbons (Fsp3) is 0.267. The van der Waals surface area contributed by atoms with Crippen LogP contribution >= 0.6 is 11.6 Å². The third-order valence-corrected chi connectivity index (χ3v) is 2.94. The van der Waals surface area contributed by atoms with Crippen LogP contribution in [0, 0.1) is 6.92 Å². The molecule has 5 heteroatoms. The van der Waals surface area contributed by atoms with Gasteiger partial charge >= 0.3 is 0 Å². The molecule has 0 saturated carbocycles. The first-order chi connectivity index (χ1) is 9.58. The first-order valence-electron chi connectivity index (χ1n) is 6.48. The number of aromatic nitrogens is 2. The molecule has 0 fully saturated rings. The standard InChI is InChI=1S/C15H16ClN3O/c1-3-4-12-6-11(7-14(16)18-12)15(20)19-13-5-10(2)8-17-9-13/h5-9H,3-4H2,1-2H3,(H,19,20). The number of carbonyl (C=O) groups is 1. The highest BCUT2D eigenvalue weighted by atomic mass is 35.5. The number of pyridine rings is 2. The summed E-state index contributed by atoms with van der Waals surface area (Å²) in [5.74, 6) is -0.209. The molecule has 0 atom stereocenters. The van der Waals surface area contributed by atoms with Gasteiger partial charge in [0.2, 0.25) is 0 Å². The van der Waals surface area contributed by atoms with E-state index in [0.717, 1.165) is 24.1 Å². The van der Waals surface area contributed by atoms with Crippen molar-refractivity contribution in [3.8, 4) is 0 Å². The number of halogens is 1. The molecule has 0 aliphatic carbocycles. The van der Waals surface area contributed by atoms with Crippen LogP contribution in [0.2, 0.25) is 5.15 Å². The molecule has 2 aromatic rings. The molecule has 1 amide bonds. The van der Waals surface area contributed by atoms with E-state index >= 15 is 0 Å². The number of carbonyl (C=O) groups excluding carboxylic acids is 1. The Morgan fingerprint density at radius 3 is 2.80 bits per heavy atom. The van der Waals surface area contributed by atoms with Crippen LogP contribution in [0.4, 0.5) is 5.69 Å². The van der Waals surface area contributed by atoms with Crippen LogP contribution in [0.5, 0.6) is 0 Å². The van der Waals surface area contributed by atoms with E-state index in [4.69, 9.17) is 11.6 Å². The molecule has 0 radical (unpaired) electrons. The Balaban J connectivity index is 2.20. The number of hydrogen-bond donors (Lipinski definition) is 1. The van der Waals surface area contributed by atoms with Crippen LogP contribution < -0.4 is 5.32 Å². The molecule has 4 nitrogen and oxygen atoms in total. The average Bonchev–Trinajstić information content (AvgIpc) is 2.38. The zero-order valence-electron chi connectivity index (χ0n) is 11.5. The number of anilines is 1. The zero-order chi connectivity index (χ0) is 14.5. The van der Waals surface area contributed by atoms with E-state index in [1.807, 2.05) is 13.0 Å². The van der Waals surface area contributed by atoms with Crippen LogP contribution in [-0.4, -0.2) is 15.9 Å². The molecular formula is C15H16ClN3O. The van der Waals surface area contributed by atoms with Gasteiger partial charge in [-0.05, 0) is 37.1 Å². The number of aryl methyl sites for hydroxylation is 2. The maximum atomic E-state index is 12.2. The van der Waals surface area contributed by atoms with Crippen molar-refractivity contribution in [2.24, 2.45) is 0 Å². The van der Waals surface area contributed by atoms with Crippen molar-refractivity contribution in [3.05, 3.63) is 52.6 Å². The van der Waals surface area contributed by atoms with E-state index in [0.29, 0.717) is 16.4 Å². The van der Waals surface area contributed by atoms with Crippen LogP contribution in [0.1, 0.15) is 35.0 Å². The molecule has 2 rings (SSSR count). The maximum Gasteiger partial charge on any atom is 0.255 e. The van der Waals surface area contributed by atoms with E-state index < -0.39 is 0 Å². The molecule has 20 heavy (non-hydrogen) atoms. The van der Waals surface area contributed by atoms with E-state index in [2.05, 4.69) is 22.2 Å². The molecule has 104 valence electrons. The van der Waals surface area contributed by atoms with E-state index in [1.165, 1.54) is 0 Å². The summed E-state index contributed by atoms with van der Waals surface area (Å²) in [6.45, 7) is 3.98. The minimum atomic E-state index is -0.209. The average molecular weight is 290 g/mol. The van der Waals surface area contributed by atoms with Crippen molar-refractivity contribution in [1.82, 2.24) is 9.97 Å².